The molecule has 2 aromatic carbocycles. The van der Waals surface area contributed by atoms with Crippen LogP contribution in [-0.2, 0) is 16.2 Å². The maximum atomic E-state index is 12.8. The van der Waals surface area contributed by atoms with Gasteiger partial charge in [-0.1, -0.05) is 40.9 Å². The number of thioether (sulfide) groups is 1. The Morgan fingerprint density at radius 3 is 2.46 bits per heavy atom. The van der Waals surface area contributed by atoms with Crippen LogP contribution in [0.4, 0.5) is 4.79 Å². The molecule has 2 aromatic rings. The molecule has 0 aromatic heterocycles. The molecule has 0 unspecified atom stereocenters. The lowest BCUT2D eigenvalue weighted by atomic mass is 10.1. The Labute approximate surface area is 230 Å². The Morgan fingerprint density at radius 2 is 1.77 bits per heavy atom. The molecule has 0 aliphatic carbocycles. The molecule has 2 aliphatic heterocycles. The third-order valence-corrected chi connectivity index (χ3v) is 8.08. The van der Waals surface area contributed by atoms with Crippen molar-refractivity contribution in [2.24, 2.45) is 0 Å². The number of halogens is 4. The van der Waals surface area contributed by atoms with Gasteiger partial charge in [0.2, 0.25) is 5.91 Å². The summed E-state index contributed by atoms with van der Waals surface area (Å²) in [6, 6.07) is 8.59. The van der Waals surface area contributed by atoms with E-state index in [0.29, 0.717) is 43.9 Å². The van der Waals surface area contributed by atoms with Crippen molar-refractivity contribution in [3.05, 3.63) is 65.9 Å². The van der Waals surface area contributed by atoms with Gasteiger partial charge in [-0.3, -0.25) is 19.3 Å². The molecule has 0 saturated carbocycles. The molecular formula is C24H20BrCl3N2O4S. The minimum atomic E-state index is -0.488. The Bertz CT molecular complexity index is 1190. The smallest absolute Gasteiger partial charge is 0.294 e. The molecule has 6 nitrogen and oxygen atoms in total. The van der Waals surface area contributed by atoms with Crippen LogP contribution in [0.25, 0.3) is 6.08 Å². The number of amides is 3. The first-order valence-electron chi connectivity index (χ1n) is 10.8. The Morgan fingerprint density at radius 1 is 1.03 bits per heavy atom. The van der Waals surface area contributed by atoms with Gasteiger partial charge in [0.15, 0.2) is 5.75 Å². The van der Waals surface area contributed by atoms with Gasteiger partial charge in [-0.05, 0) is 88.4 Å². The minimum Gasteiger partial charge on any atom is -0.486 e. The van der Waals surface area contributed by atoms with E-state index in [4.69, 9.17) is 39.5 Å². The first-order chi connectivity index (χ1) is 16.7. The molecule has 2 heterocycles. The molecule has 0 N–H and O–H groups in total. The largest absolute Gasteiger partial charge is 0.486 e. The van der Waals surface area contributed by atoms with Crippen molar-refractivity contribution in [2.45, 2.75) is 25.9 Å². The van der Waals surface area contributed by atoms with Gasteiger partial charge in [-0.15, -0.1) is 0 Å². The predicted molar refractivity (Wildman–Crippen MR) is 143 cm³/mol. The van der Waals surface area contributed by atoms with E-state index in [-0.39, 0.29) is 24.0 Å². The van der Waals surface area contributed by atoms with E-state index < -0.39 is 11.1 Å². The van der Waals surface area contributed by atoms with E-state index in [9.17, 15) is 14.4 Å². The first-order valence-corrected chi connectivity index (χ1v) is 13.6. The SMILES string of the molecule is O=C(CN1C(=O)S/C(=C\c2cc(Cl)c(OCc3ccc(Cl)c(Cl)c3)c(Br)c2)C1=O)N1CCCCC1. The molecule has 11 heteroatoms. The van der Waals surface area contributed by atoms with Gasteiger partial charge >= 0.3 is 0 Å². The maximum Gasteiger partial charge on any atom is 0.294 e. The highest BCUT2D eigenvalue weighted by Crippen LogP contribution is 2.38. The number of carbonyl (C=O) groups excluding carboxylic acids is 3. The fourth-order valence-electron chi connectivity index (χ4n) is 3.75. The van der Waals surface area contributed by atoms with Crippen LogP contribution in [0.5, 0.6) is 5.75 Å². The van der Waals surface area contributed by atoms with Crippen molar-refractivity contribution >= 4 is 85.6 Å². The lowest BCUT2D eigenvalue weighted by Crippen LogP contribution is -2.44. The van der Waals surface area contributed by atoms with E-state index in [0.717, 1.165) is 41.5 Å². The summed E-state index contributed by atoms with van der Waals surface area (Å²) in [5, 5.41) is 0.752. The number of piperidine rings is 1. The number of hydrogen-bond acceptors (Lipinski definition) is 5. The van der Waals surface area contributed by atoms with Crippen LogP contribution in [0.3, 0.4) is 0 Å². The number of likely N-dealkylation sites (tertiary alicyclic amines) is 1. The van der Waals surface area contributed by atoms with Crippen molar-refractivity contribution in [1.29, 1.82) is 0 Å². The predicted octanol–water partition coefficient (Wildman–Crippen LogP) is 7.04. The second kappa shape index (κ2) is 11.6. The van der Waals surface area contributed by atoms with Crippen LogP contribution in [0.2, 0.25) is 15.1 Å². The van der Waals surface area contributed by atoms with Gasteiger partial charge < -0.3 is 9.64 Å². The van der Waals surface area contributed by atoms with Crippen LogP contribution in [0.1, 0.15) is 30.4 Å². The summed E-state index contributed by atoms with van der Waals surface area (Å²) in [7, 11) is 0. The van der Waals surface area contributed by atoms with Gasteiger partial charge in [-0.25, -0.2) is 0 Å². The third kappa shape index (κ3) is 6.35. The molecule has 3 amide bonds. The molecule has 35 heavy (non-hydrogen) atoms. The van der Waals surface area contributed by atoms with E-state index in [1.165, 1.54) is 0 Å². The number of imide groups is 1. The number of benzene rings is 2. The van der Waals surface area contributed by atoms with Gasteiger partial charge in [-0.2, -0.15) is 0 Å². The molecule has 4 rings (SSSR count). The summed E-state index contributed by atoms with van der Waals surface area (Å²) in [4.78, 5) is 40.8. The van der Waals surface area contributed by atoms with Crippen LogP contribution in [0, 0.1) is 0 Å². The zero-order valence-corrected chi connectivity index (χ0v) is 23.0. The molecule has 2 saturated heterocycles. The van der Waals surface area contributed by atoms with Crippen LogP contribution >= 0.6 is 62.5 Å². The summed E-state index contributed by atoms with van der Waals surface area (Å²) in [5.41, 5.74) is 1.43. The third-order valence-electron chi connectivity index (χ3n) is 5.56. The zero-order chi connectivity index (χ0) is 25.1. The van der Waals surface area contributed by atoms with Crippen molar-refractivity contribution in [2.75, 3.05) is 19.6 Å². The highest BCUT2D eigenvalue weighted by Gasteiger charge is 2.37. The highest BCUT2D eigenvalue weighted by molar-refractivity contribution is 9.10. The number of rotatable bonds is 6. The van der Waals surface area contributed by atoms with E-state index in [1.807, 2.05) is 0 Å². The van der Waals surface area contributed by atoms with Crippen LogP contribution in [0.15, 0.2) is 39.7 Å². The summed E-state index contributed by atoms with van der Waals surface area (Å²) in [6.45, 7) is 1.31. The molecule has 2 fully saturated rings. The fraction of sp³-hybridized carbons (Fsp3) is 0.292. The molecule has 2 aliphatic rings. The summed E-state index contributed by atoms with van der Waals surface area (Å²) < 4.78 is 6.43. The average molecular weight is 619 g/mol. The van der Waals surface area contributed by atoms with Gasteiger partial charge in [0, 0.05) is 13.1 Å². The normalized spacial score (nSPS) is 17.4. The molecule has 0 atom stereocenters. The van der Waals surface area contributed by atoms with Crippen LogP contribution in [-0.4, -0.2) is 46.5 Å². The Kier molecular flexibility index (Phi) is 8.71. The quantitative estimate of drug-likeness (QED) is 0.325. The van der Waals surface area contributed by atoms with E-state index >= 15 is 0 Å². The van der Waals surface area contributed by atoms with Gasteiger partial charge in [0.05, 0.1) is 24.4 Å². The molecular weight excluding hydrogens is 599 g/mol. The van der Waals surface area contributed by atoms with Crippen molar-refractivity contribution < 1.29 is 19.1 Å². The molecule has 0 radical (unpaired) electrons. The zero-order valence-electron chi connectivity index (χ0n) is 18.4. The number of nitrogens with zero attached hydrogens (tertiary/aromatic N) is 2. The van der Waals surface area contributed by atoms with Crippen molar-refractivity contribution in [1.82, 2.24) is 9.80 Å². The summed E-state index contributed by atoms with van der Waals surface area (Å²) in [5.74, 6) is -0.268. The second-order valence-corrected chi connectivity index (χ2v) is 11.1. The average Bonchev–Trinajstić information content (AvgIpc) is 3.08. The van der Waals surface area contributed by atoms with Crippen LogP contribution < -0.4 is 4.74 Å². The monoisotopic (exact) mass is 616 g/mol. The topological polar surface area (TPSA) is 66.9 Å². The number of hydrogen-bond donors (Lipinski definition) is 0. The second-order valence-electron chi connectivity index (χ2n) is 8.06. The molecule has 184 valence electrons. The van der Waals surface area contributed by atoms with Crippen molar-refractivity contribution in [3.8, 4) is 5.75 Å². The highest BCUT2D eigenvalue weighted by atomic mass is 79.9. The van der Waals surface area contributed by atoms with Gasteiger partial charge in [0.1, 0.15) is 13.2 Å². The molecule has 0 bridgehead atoms. The molecule has 0 spiro atoms. The van der Waals surface area contributed by atoms with Gasteiger partial charge in [0.25, 0.3) is 11.1 Å². The number of ether oxygens (including phenoxy) is 1. The lowest BCUT2D eigenvalue weighted by molar-refractivity contribution is -0.136. The maximum absolute atomic E-state index is 12.8. The standard InChI is InChI=1S/C24H20BrCl3N2O4S/c25-16-8-15(10-19(28)22(16)34-13-14-4-5-17(26)18(27)9-14)11-20-23(32)30(24(33)35-20)12-21(31)29-6-2-1-3-7-29/h4-5,8-11H,1-3,6-7,12-13H2/b20-11-. The lowest BCUT2D eigenvalue weighted by Gasteiger charge is -2.27. The van der Waals surface area contributed by atoms with Crippen molar-refractivity contribution in [3.63, 3.8) is 0 Å². The summed E-state index contributed by atoms with van der Waals surface area (Å²) in [6.07, 6.45) is 4.55. The fourth-order valence-corrected chi connectivity index (χ4v) is 5.90. The van der Waals surface area contributed by atoms with E-state index in [1.54, 1.807) is 41.3 Å². The number of carbonyl (C=O) groups is 3. The van der Waals surface area contributed by atoms with E-state index in [2.05, 4.69) is 15.9 Å². The summed E-state index contributed by atoms with van der Waals surface area (Å²) >= 11 is 22.7. The first kappa shape index (κ1) is 26.4. The minimum absolute atomic E-state index is 0.206. The Hall–Kier alpha value is -1.71. The Balaban J connectivity index is 1.45.